The number of nitrogens with zero attached hydrogens (tertiary/aromatic N) is 7. The molecule has 6 rings (SSSR count). The largest absolute Gasteiger partial charge is 0.412 e. The van der Waals surface area contributed by atoms with Crippen LogP contribution in [0.3, 0.4) is 0 Å². The molecule has 0 radical (unpaired) electrons. The number of aliphatic imine (C=N–C) groups is 1. The number of pyridine rings is 1. The Morgan fingerprint density at radius 2 is 1.72 bits per heavy atom. The number of carbonyl (C=O) groups excluding carboxylic acids is 3. The number of hydrazone groups is 2. The fourth-order valence-electron chi connectivity index (χ4n) is 4.98. The summed E-state index contributed by atoms with van der Waals surface area (Å²) in [6.45, 7) is 6.06. The number of anilines is 2. The molecule has 2 aliphatic heterocycles. The molecule has 4 aromatic rings. The average Bonchev–Trinajstić information content (AvgIpc) is 3.42. The molecule has 14 nitrogen and oxygen atoms in total. The Hall–Kier alpha value is -6.22. The maximum absolute atomic E-state index is 12.9. The second-order valence-corrected chi connectivity index (χ2v) is 12.8. The number of amides is 4. The van der Waals surface area contributed by atoms with Crippen LogP contribution in [0.15, 0.2) is 119 Å². The van der Waals surface area contributed by atoms with Crippen molar-refractivity contribution in [2.75, 3.05) is 44.3 Å². The highest BCUT2D eigenvalue weighted by Gasteiger charge is 2.46. The minimum Gasteiger partial charge on any atom is -0.410 e. The first-order valence-electron chi connectivity index (χ1n) is 16.5. The molecule has 0 spiro atoms. The van der Waals surface area contributed by atoms with Gasteiger partial charge in [0.2, 0.25) is 0 Å². The van der Waals surface area contributed by atoms with Crippen LogP contribution in [0.5, 0.6) is 5.75 Å². The second-order valence-electron chi connectivity index (χ2n) is 12.0. The Morgan fingerprint density at radius 3 is 2.32 bits per heavy atom. The third-order valence-corrected chi connectivity index (χ3v) is 8.35. The van der Waals surface area contributed by atoms with E-state index in [1.165, 1.54) is 28.8 Å². The van der Waals surface area contributed by atoms with Crippen molar-refractivity contribution in [2.24, 2.45) is 15.2 Å². The number of ether oxygens (including phenoxy) is 1. The number of carbonyl (C=O) groups is 3. The number of aryl methyl sites for hydroxylation is 1. The lowest BCUT2D eigenvalue weighted by Gasteiger charge is -2.23. The van der Waals surface area contributed by atoms with E-state index in [4.69, 9.17) is 4.74 Å². The van der Waals surface area contributed by atoms with E-state index in [0.717, 1.165) is 33.8 Å². The first-order chi connectivity index (χ1) is 25.4. The van der Waals surface area contributed by atoms with Crippen LogP contribution in [0.1, 0.15) is 30.5 Å². The predicted octanol–water partition coefficient (Wildman–Crippen LogP) is 6.09. The number of urea groups is 1. The van der Waals surface area contributed by atoms with E-state index in [1.807, 2.05) is 131 Å². The Bertz CT molecular complexity index is 1940. The highest BCUT2D eigenvalue weighted by atomic mass is 32.2. The van der Waals surface area contributed by atoms with Gasteiger partial charge in [-0.05, 0) is 74.6 Å². The second kappa shape index (κ2) is 18.9. The molecule has 276 valence electrons. The average molecular weight is 737 g/mol. The van der Waals surface area contributed by atoms with Crippen LogP contribution in [0, 0.1) is 6.92 Å². The minimum absolute atomic E-state index is 0.0769. The summed E-state index contributed by atoms with van der Waals surface area (Å²) in [6.07, 6.45) is 6.41. The van der Waals surface area contributed by atoms with Crippen molar-refractivity contribution in [1.82, 2.24) is 25.7 Å². The van der Waals surface area contributed by atoms with Gasteiger partial charge in [0.15, 0.2) is 10.7 Å². The van der Waals surface area contributed by atoms with Crippen LogP contribution >= 0.6 is 11.8 Å². The number of benzene rings is 3. The zero-order chi connectivity index (χ0) is 38.4. The van der Waals surface area contributed by atoms with Crippen LogP contribution in [0.25, 0.3) is 0 Å². The van der Waals surface area contributed by atoms with Crippen molar-refractivity contribution in [3.63, 3.8) is 0 Å². The molecule has 4 amide bonds. The minimum atomic E-state index is -0.888. The molecule has 0 bridgehead atoms. The molecular weight excluding hydrogens is 693 g/mol. The Labute approximate surface area is 314 Å². The number of aromatic nitrogens is 1. The van der Waals surface area contributed by atoms with Gasteiger partial charge in [-0.25, -0.2) is 25.0 Å². The number of rotatable bonds is 7. The van der Waals surface area contributed by atoms with Crippen molar-refractivity contribution in [2.45, 2.75) is 26.3 Å². The number of para-hydroxylation sites is 1. The van der Waals surface area contributed by atoms with E-state index in [-0.39, 0.29) is 11.9 Å². The first-order valence-corrected chi connectivity index (χ1v) is 17.8. The fourth-order valence-corrected chi connectivity index (χ4v) is 5.56. The summed E-state index contributed by atoms with van der Waals surface area (Å²) >= 11 is 1.45. The van der Waals surface area contributed by atoms with Crippen molar-refractivity contribution in [1.29, 1.82) is 0 Å². The van der Waals surface area contributed by atoms with Crippen LogP contribution < -0.4 is 25.8 Å². The molecule has 1 atom stereocenters. The van der Waals surface area contributed by atoms with E-state index in [0.29, 0.717) is 17.5 Å². The van der Waals surface area contributed by atoms with Gasteiger partial charge in [0.25, 0.3) is 5.91 Å². The van der Waals surface area contributed by atoms with Gasteiger partial charge in [0.1, 0.15) is 5.75 Å². The van der Waals surface area contributed by atoms with Crippen LogP contribution in [0.4, 0.5) is 21.0 Å². The van der Waals surface area contributed by atoms with Gasteiger partial charge in [0, 0.05) is 44.8 Å². The van der Waals surface area contributed by atoms with E-state index in [9.17, 15) is 14.4 Å². The number of nitrogens with one attached hydrogen (secondary N) is 3. The molecule has 2 aliphatic rings. The Morgan fingerprint density at radius 1 is 1.02 bits per heavy atom. The lowest BCUT2D eigenvalue weighted by Crippen LogP contribution is -2.42. The summed E-state index contributed by atoms with van der Waals surface area (Å²) in [5.41, 5.74) is 10.2. The summed E-state index contributed by atoms with van der Waals surface area (Å²) in [6, 6.07) is 28.2. The van der Waals surface area contributed by atoms with Gasteiger partial charge in [-0.15, -0.1) is 0 Å². The van der Waals surface area contributed by atoms with Crippen molar-refractivity contribution >= 4 is 58.3 Å². The fraction of sp³-hybridized carbons (Fsp3) is 0.237. The molecule has 0 saturated heterocycles. The summed E-state index contributed by atoms with van der Waals surface area (Å²) in [5.74, 6) is 0.476. The van der Waals surface area contributed by atoms with Gasteiger partial charge < -0.3 is 15.0 Å². The van der Waals surface area contributed by atoms with E-state index in [2.05, 4.69) is 36.3 Å². The molecule has 3 heterocycles. The van der Waals surface area contributed by atoms with Crippen molar-refractivity contribution < 1.29 is 19.1 Å². The first kappa shape index (κ1) is 39.6. The normalized spacial score (nSPS) is 16.3. The van der Waals surface area contributed by atoms with E-state index < -0.39 is 11.6 Å². The van der Waals surface area contributed by atoms with Crippen molar-refractivity contribution in [3.8, 4) is 5.75 Å². The Kier molecular flexibility index (Phi) is 14.1. The number of thioether (sulfide) groups is 1. The number of hydrazine groups is 1. The summed E-state index contributed by atoms with van der Waals surface area (Å²) < 4.78 is 5.01. The predicted molar refractivity (Wildman–Crippen MR) is 212 cm³/mol. The highest BCUT2D eigenvalue weighted by molar-refractivity contribution is 8.13. The maximum Gasteiger partial charge on any atom is 0.412 e. The molecule has 0 aliphatic carbocycles. The van der Waals surface area contributed by atoms with E-state index >= 15 is 0 Å². The lowest BCUT2D eigenvalue weighted by atomic mass is 9.92. The smallest absolute Gasteiger partial charge is 0.410 e. The number of hydrogen-bond donors (Lipinski definition) is 3. The van der Waals surface area contributed by atoms with Gasteiger partial charge in [0.05, 0.1) is 24.2 Å². The van der Waals surface area contributed by atoms with Crippen molar-refractivity contribution in [3.05, 3.63) is 120 Å². The lowest BCUT2D eigenvalue weighted by molar-refractivity contribution is -0.129. The molecule has 0 saturated carbocycles. The third kappa shape index (κ3) is 10.9. The topological polar surface area (TPSA) is 156 Å². The van der Waals surface area contributed by atoms with Gasteiger partial charge in [-0.3, -0.25) is 15.2 Å². The molecule has 3 N–H and O–H groups in total. The van der Waals surface area contributed by atoms with E-state index in [1.54, 1.807) is 24.7 Å². The maximum atomic E-state index is 12.9. The molecule has 0 fully saturated rings. The number of hydrogen-bond acceptors (Lipinski definition) is 11. The Balaban J connectivity index is 0.000000182. The molecule has 0 unspecified atom stereocenters. The molecule has 53 heavy (non-hydrogen) atoms. The van der Waals surface area contributed by atoms with Crippen LogP contribution in [-0.4, -0.2) is 84.1 Å². The SMILES string of the molecule is CC1=NNC(=O)N(/N=C/c2cccnc2)C1.CNC(=O)Oc1ccc(N(C)C)c(C)c1.CSC1=N[C@@](C)(c2ccccc2)C(=O)N1Nc1ccccc1. The third-order valence-electron chi connectivity index (χ3n) is 7.71. The number of amidine groups is 1. The summed E-state index contributed by atoms with van der Waals surface area (Å²) in [7, 11) is 5.48. The molecule has 3 aromatic carbocycles. The summed E-state index contributed by atoms with van der Waals surface area (Å²) in [4.78, 5) is 45.9. The standard InChI is InChI=1S/C17H17N3OS.C11H16N2O2.C10H11N5O/c1-17(13-9-5-3-6-10-13)15(21)20(16(18-17)22-2)19-14-11-7-4-8-12-14;1-8-7-9(15-11(14)12-2)5-6-10(8)13(3)4;1-8-7-15(10(16)14-13-8)12-6-9-3-2-4-11-5-9/h3-12,19H,1-2H3;5-7H,1-4H3,(H,12,14);2-6H,7H2,1H3,(H,14,16)/b;;12-6+/t17-;;/m0../s1. The van der Waals surface area contributed by atoms with Crippen LogP contribution in [0.2, 0.25) is 0 Å². The quantitative estimate of drug-likeness (QED) is 0.193. The zero-order valence-corrected chi connectivity index (χ0v) is 31.6. The molecule has 15 heteroatoms. The molecular formula is C38H44N10O4S. The monoisotopic (exact) mass is 736 g/mol. The van der Waals surface area contributed by atoms with Crippen LogP contribution in [-0.2, 0) is 10.3 Å². The zero-order valence-electron chi connectivity index (χ0n) is 30.8. The van der Waals surface area contributed by atoms with Gasteiger partial charge >= 0.3 is 12.1 Å². The molecule has 1 aromatic heterocycles. The highest BCUT2D eigenvalue weighted by Crippen LogP contribution is 2.35. The van der Waals surface area contributed by atoms with Gasteiger partial charge in [-0.2, -0.15) is 15.2 Å². The summed E-state index contributed by atoms with van der Waals surface area (Å²) in [5, 5.41) is 13.8. The van der Waals surface area contributed by atoms with Gasteiger partial charge in [-0.1, -0.05) is 66.4 Å².